The van der Waals surface area contributed by atoms with E-state index in [1.807, 2.05) is 19.9 Å². The SMILES string of the molecule is CCN[C@H](C)CNC(=O)c1cccc(-n2cnnn2)c1.Cl. The van der Waals surface area contributed by atoms with Crippen molar-refractivity contribution in [2.75, 3.05) is 13.1 Å². The molecule has 2 N–H and O–H groups in total. The van der Waals surface area contributed by atoms with E-state index in [-0.39, 0.29) is 24.4 Å². The summed E-state index contributed by atoms with van der Waals surface area (Å²) in [5, 5.41) is 17.1. The van der Waals surface area contributed by atoms with Crippen LogP contribution in [0.2, 0.25) is 0 Å². The van der Waals surface area contributed by atoms with Crippen LogP contribution in [0.25, 0.3) is 5.69 Å². The van der Waals surface area contributed by atoms with Gasteiger partial charge in [-0.15, -0.1) is 17.5 Å². The van der Waals surface area contributed by atoms with Crippen LogP contribution in [0.1, 0.15) is 24.2 Å². The number of amides is 1. The van der Waals surface area contributed by atoms with Crippen molar-refractivity contribution in [2.45, 2.75) is 19.9 Å². The molecule has 2 rings (SSSR count). The lowest BCUT2D eigenvalue weighted by atomic mass is 10.2. The van der Waals surface area contributed by atoms with E-state index in [0.717, 1.165) is 12.2 Å². The molecule has 0 fully saturated rings. The summed E-state index contributed by atoms with van der Waals surface area (Å²) in [6.07, 6.45) is 1.49. The third kappa shape index (κ3) is 4.80. The zero-order chi connectivity index (χ0) is 14.4. The molecule has 0 radical (unpaired) electrons. The molecule has 0 aliphatic heterocycles. The fraction of sp³-hybridized carbons (Fsp3) is 0.385. The highest BCUT2D eigenvalue weighted by molar-refractivity contribution is 5.94. The van der Waals surface area contributed by atoms with Gasteiger partial charge >= 0.3 is 0 Å². The zero-order valence-electron chi connectivity index (χ0n) is 12.0. The van der Waals surface area contributed by atoms with E-state index in [2.05, 4.69) is 26.2 Å². The minimum absolute atomic E-state index is 0. The first-order valence-corrected chi connectivity index (χ1v) is 6.55. The number of aromatic nitrogens is 4. The highest BCUT2D eigenvalue weighted by atomic mass is 35.5. The molecule has 114 valence electrons. The van der Waals surface area contributed by atoms with Gasteiger partial charge < -0.3 is 10.6 Å². The van der Waals surface area contributed by atoms with Crippen LogP contribution in [-0.4, -0.2) is 45.2 Å². The van der Waals surface area contributed by atoms with Crippen LogP contribution in [0.15, 0.2) is 30.6 Å². The van der Waals surface area contributed by atoms with Gasteiger partial charge in [0, 0.05) is 18.2 Å². The van der Waals surface area contributed by atoms with Gasteiger partial charge in [0.15, 0.2) is 0 Å². The smallest absolute Gasteiger partial charge is 0.251 e. The Kier molecular flexibility index (Phi) is 6.77. The van der Waals surface area contributed by atoms with Crippen LogP contribution >= 0.6 is 12.4 Å². The van der Waals surface area contributed by atoms with Crippen molar-refractivity contribution < 1.29 is 4.79 Å². The number of hydrogen-bond donors (Lipinski definition) is 2. The van der Waals surface area contributed by atoms with Crippen molar-refractivity contribution in [3.8, 4) is 5.69 Å². The number of tetrazole rings is 1. The van der Waals surface area contributed by atoms with Gasteiger partial charge in [-0.25, -0.2) is 4.68 Å². The van der Waals surface area contributed by atoms with E-state index in [0.29, 0.717) is 12.1 Å². The van der Waals surface area contributed by atoms with Crippen molar-refractivity contribution in [3.63, 3.8) is 0 Å². The summed E-state index contributed by atoms with van der Waals surface area (Å²) in [5.41, 5.74) is 1.34. The maximum atomic E-state index is 12.1. The van der Waals surface area contributed by atoms with Gasteiger partial charge in [-0.3, -0.25) is 4.79 Å². The first kappa shape index (κ1) is 17.1. The third-order valence-corrected chi connectivity index (χ3v) is 2.84. The van der Waals surface area contributed by atoms with Crippen LogP contribution in [0.4, 0.5) is 0 Å². The van der Waals surface area contributed by atoms with E-state index < -0.39 is 0 Å². The molecule has 0 aliphatic carbocycles. The number of halogens is 1. The molecule has 1 amide bonds. The van der Waals surface area contributed by atoms with Crippen molar-refractivity contribution in [3.05, 3.63) is 36.2 Å². The number of benzene rings is 1. The average Bonchev–Trinajstić information content (AvgIpc) is 2.99. The molecule has 8 heteroatoms. The number of carbonyl (C=O) groups is 1. The van der Waals surface area contributed by atoms with Crippen LogP contribution in [0.3, 0.4) is 0 Å². The normalized spacial score (nSPS) is 11.5. The summed E-state index contributed by atoms with van der Waals surface area (Å²) in [6.45, 7) is 5.53. The molecule has 1 atom stereocenters. The molecule has 1 aromatic heterocycles. The van der Waals surface area contributed by atoms with Crippen LogP contribution in [-0.2, 0) is 0 Å². The van der Waals surface area contributed by atoms with Crippen LogP contribution < -0.4 is 10.6 Å². The lowest BCUT2D eigenvalue weighted by Gasteiger charge is -2.13. The lowest BCUT2D eigenvalue weighted by Crippen LogP contribution is -2.38. The third-order valence-electron chi connectivity index (χ3n) is 2.84. The number of rotatable bonds is 6. The maximum Gasteiger partial charge on any atom is 0.251 e. The van der Waals surface area contributed by atoms with E-state index in [1.54, 1.807) is 18.2 Å². The monoisotopic (exact) mass is 310 g/mol. The van der Waals surface area contributed by atoms with Gasteiger partial charge in [0.1, 0.15) is 6.33 Å². The summed E-state index contributed by atoms with van der Waals surface area (Å²) in [6, 6.07) is 7.41. The first-order valence-electron chi connectivity index (χ1n) is 6.55. The topological polar surface area (TPSA) is 84.7 Å². The minimum Gasteiger partial charge on any atom is -0.350 e. The average molecular weight is 311 g/mol. The fourth-order valence-corrected chi connectivity index (χ4v) is 1.84. The summed E-state index contributed by atoms with van der Waals surface area (Å²) < 4.78 is 1.51. The molecule has 0 bridgehead atoms. The number of nitrogens with one attached hydrogen (secondary N) is 2. The Balaban J connectivity index is 0.00000220. The Bertz CT molecular complexity index is 560. The number of nitrogens with zero attached hydrogens (tertiary/aromatic N) is 4. The summed E-state index contributed by atoms with van der Waals surface area (Å²) in [4.78, 5) is 12.1. The van der Waals surface area contributed by atoms with Gasteiger partial charge in [0.2, 0.25) is 0 Å². The van der Waals surface area contributed by atoms with Crippen molar-refractivity contribution in [1.82, 2.24) is 30.8 Å². The Morgan fingerprint density at radius 3 is 2.90 bits per heavy atom. The Morgan fingerprint density at radius 2 is 2.24 bits per heavy atom. The highest BCUT2D eigenvalue weighted by Gasteiger charge is 2.08. The summed E-state index contributed by atoms with van der Waals surface area (Å²) in [5.74, 6) is -0.107. The first-order chi connectivity index (χ1) is 9.70. The Hall–Kier alpha value is -1.99. The van der Waals surface area contributed by atoms with Crippen LogP contribution in [0.5, 0.6) is 0 Å². The summed E-state index contributed by atoms with van der Waals surface area (Å²) in [7, 11) is 0. The van der Waals surface area contributed by atoms with Crippen molar-refractivity contribution >= 4 is 18.3 Å². The van der Waals surface area contributed by atoms with Gasteiger partial charge in [0.25, 0.3) is 5.91 Å². The van der Waals surface area contributed by atoms with Crippen LogP contribution in [0, 0.1) is 0 Å². The van der Waals surface area contributed by atoms with E-state index in [4.69, 9.17) is 0 Å². The zero-order valence-corrected chi connectivity index (χ0v) is 12.8. The van der Waals surface area contributed by atoms with E-state index >= 15 is 0 Å². The Morgan fingerprint density at radius 1 is 1.43 bits per heavy atom. The van der Waals surface area contributed by atoms with Gasteiger partial charge in [0.05, 0.1) is 5.69 Å². The molecule has 0 saturated heterocycles. The molecule has 0 unspecified atom stereocenters. The molecule has 0 aliphatic rings. The quantitative estimate of drug-likeness (QED) is 0.825. The summed E-state index contributed by atoms with van der Waals surface area (Å²) >= 11 is 0. The second-order valence-electron chi connectivity index (χ2n) is 4.47. The van der Waals surface area contributed by atoms with E-state index in [1.165, 1.54) is 11.0 Å². The van der Waals surface area contributed by atoms with E-state index in [9.17, 15) is 4.79 Å². The lowest BCUT2D eigenvalue weighted by molar-refractivity contribution is 0.0950. The molecule has 21 heavy (non-hydrogen) atoms. The van der Waals surface area contributed by atoms with Crippen molar-refractivity contribution in [1.29, 1.82) is 0 Å². The van der Waals surface area contributed by atoms with Gasteiger partial charge in [-0.05, 0) is 42.1 Å². The molecule has 2 aromatic rings. The fourth-order valence-electron chi connectivity index (χ4n) is 1.84. The molecule has 1 aromatic carbocycles. The number of likely N-dealkylation sites (N-methyl/N-ethyl adjacent to an activating group) is 1. The Labute approximate surface area is 129 Å². The molecular formula is C13H19ClN6O. The van der Waals surface area contributed by atoms with Gasteiger partial charge in [-0.2, -0.15) is 0 Å². The molecule has 1 heterocycles. The standard InChI is InChI=1S/C13H18N6O.ClH/c1-3-14-10(2)8-15-13(20)11-5-4-6-12(7-11)19-9-16-17-18-19;/h4-7,9-10,14H,3,8H2,1-2H3,(H,15,20);1H/t10-;/m1./s1. The molecule has 7 nitrogen and oxygen atoms in total. The largest absolute Gasteiger partial charge is 0.350 e. The molecule has 0 spiro atoms. The number of hydrogen-bond acceptors (Lipinski definition) is 5. The number of carbonyl (C=O) groups excluding carboxylic acids is 1. The maximum absolute atomic E-state index is 12.1. The predicted molar refractivity (Wildman–Crippen MR) is 81.9 cm³/mol. The molecular weight excluding hydrogens is 292 g/mol. The van der Waals surface area contributed by atoms with Gasteiger partial charge in [-0.1, -0.05) is 13.0 Å². The highest BCUT2D eigenvalue weighted by Crippen LogP contribution is 2.08. The second kappa shape index (κ2) is 8.33. The predicted octanol–water partition coefficient (Wildman–Crippen LogP) is 0.812. The molecule has 0 saturated carbocycles. The minimum atomic E-state index is -0.107. The van der Waals surface area contributed by atoms with Crippen molar-refractivity contribution in [2.24, 2.45) is 0 Å². The second-order valence-corrected chi connectivity index (χ2v) is 4.47.